The number of aryl methyl sites for hydroxylation is 2. The van der Waals surface area contributed by atoms with Gasteiger partial charge in [0.25, 0.3) is 0 Å². The standard InChI is InChI=1S/C15H19BrN2/c1-3-7-18-8-6-13(11-18)10-17-15-5-4-14(16)9-12(15)2/h4-6,8-9,11,17H,3,7,10H2,1-2H3. The fraction of sp³-hybridized carbons (Fsp3) is 0.333. The van der Waals surface area contributed by atoms with Gasteiger partial charge in [-0.25, -0.2) is 0 Å². The Bertz CT molecular complexity index is 517. The second-order valence-electron chi connectivity index (χ2n) is 4.57. The first-order valence-corrected chi connectivity index (χ1v) is 7.13. The molecule has 1 N–H and O–H groups in total. The lowest BCUT2D eigenvalue weighted by Crippen LogP contribution is -2.00. The van der Waals surface area contributed by atoms with Gasteiger partial charge in [0.1, 0.15) is 0 Å². The van der Waals surface area contributed by atoms with Crippen molar-refractivity contribution >= 4 is 21.6 Å². The number of hydrogen-bond donors (Lipinski definition) is 1. The summed E-state index contributed by atoms with van der Waals surface area (Å²) in [5.74, 6) is 0. The summed E-state index contributed by atoms with van der Waals surface area (Å²) in [7, 11) is 0. The molecule has 0 aliphatic rings. The van der Waals surface area contributed by atoms with Gasteiger partial charge in [0.05, 0.1) is 0 Å². The highest BCUT2D eigenvalue weighted by molar-refractivity contribution is 9.10. The molecule has 0 unspecified atom stereocenters. The topological polar surface area (TPSA) is 17.0 Å². The highest BCUT2D eigenvalue weighted by Crippen LogP contribution is 2.20. The molecule has 0 saturated heterocycles. The maximum absolute atomic E-state index is 3.48. The molecule has 96 valence electrons. The number of halogens is 1. The largest absolute Gasteiger partial charge is 0.381 e. The molecule has 3 heteroatoms. The van der Waals surface area contributed by atoms with E-state index in [0.717, 1.165) is 17.6 Å². The zero-order valence-electron chi connectivity index (χ0n) is 10.9. The molecule has 2 nitrogen and oxygen atoms in total. The van der Waals surface area contributed by atoms with Crippen molar-refractivity contribution in [3.8, 4) is 0 Å². The zero-order valence-corrected chi connectivity index (χ0v) is 12.5. The lowest BCUT2D eigenvalue weighted by molar-refractivity contribution is 0.681. The fourth-order valence-electron chi connectivity index (χ4n) is 2.02. The second kappa shape index (κ2) is 6.10. The number of hydrogen-bond acceptors (Lipinski definition) is 1. The molecule has 1 aromatic carbocycles. The summed E-state index contributed by atoms with van der Waals surface area (Å²) in [5, 5.41) is 3.48. The van der Waals surface area contributed by atoms with Gasteiger partial charge in [-0.2, -0.15) is 0 Å². The van der Waals surface area contributed by atoms with Crippen LogP contribution >= 0.6 is 15.9 Å². The Hall–Kier alpha value is -1.22. The third kappa shape index (κ3) is 3.39. The molecule has 0 spiro atoms. The van der Waals surface area contributed by atoms with Crippen LogP contribution in [0.5, 0.6) is 0 Å². The number of anilines is 1. The molecular formula is C15H19BrN2. The van der Waals surface area contributed by atoms with E-state index in [1.807, 2.05) is 0 Å². The number of nitrogens with zero attached hydrogens (tertiary/aromatic N) is 1. The van der Waals surface area contributed by atoms with Crippen LogP contribution in [0, 0.1) is 6.92 Å². The molecule has 2 aromatic rings. The molecule has 0 atom stereocenters. The Balaban J connectivity index is 1.97. The van der Waals surface area contributed by atoms with Crippen molar-refractivity contribution in [3.63, 3.8) is 0 Å². The molecule has 18 heavy (non-hydrogen) atoms. The van der Waals surface area contributed by atoms with Gasteiger partial charge in [0, 0.05) is 35.6 Å². The average Bonchev–Trinajstić information content (AvgIpc) is 2.76. The highest BCUT2D eigenvalue weighted by atomic mass is 79.9. The molecule has 0 aliphatic carbocycles. The molecule has 0 radical (unpaired) electrons. The lowest BCUT2D eigenvalue weighted by atomic mass is 10.2. The second-order valence-corrected chi connectivity index (χ2v) is 5.49. The van der Waals surface area contributed by atoms with Crippen LogP contribution in [-0.2, 0) is 13.1 Å². The monoisotopic (exact) mass is 306 g/mol. The Morgan fingerprint density at radius 2 is 2.11 bits per heavy atom. The van der Waals surface area contributed by atoms with E-state index in [2.05, 4.69) is 76.3 Å². The predicted molar refractivity (Wildman–Crippen MR) is 80.9 cm³/mol. The molecule has 0 amide bonds. The Kier molecular flexibility index (Phi) is 4.48. The Morgan fingerprint density at radius 3 is 2.83 bits per heavy atom. The van der Waals surface area contributed by atoms with E-state index >= 15 is 0 Å². The number of rotatable bonds is 5. The summed E-state index contributed by atoms with van der Waals surface area (Å²) in [6, 6.07) is 8.49. The van der Waals surface area contributed by atoms with Gasteiger partial charge in [-0.3, -0.25) is 0 Å². The summed E-state index contributed by atoms with van der Waals surface area (Å²) in [6.45, 7) is 6.29. The molecule has 0 aliphatic heterocycles. The quantitative estimate of drug-likeness (QED) is 0.855. The van der Waals surface area contributed by atoms with Crippen LogP contribution < -0.4 is 5.32 Å². The van der Waals surface area contributed by atoms with Crippen molar-refractivity contribution in [1.29, 1.82) is 0 Å². The van der Waals surface area contributed by atoms with Crippen LogP contribution in [0.1, 0.15) is 24.5 Å². The van der Waals surface area contributed by atoms with Gasteiger partial charge in [0.2, 0.25) is 0 Å². The predicted octanol–water partition coefficient (Wildman–Crippen LogP) is 4.58. The molecular weight excluding hydrogens is 288 g/mol. The minimum absolute atomic E-state index is 0.874. The van der Waals surface area contributed by atoms with Crippen molar-refractivity contribution in [2.45, 2.75) is 33.4 Å². The minimum Gasteiger partial charge on any atom is -0.381 e. The van der Waals surface area contributed by atoms with Crippen LogP contribution in [0.25, 0.3) is 0 Å². The molecule has 1 heterocycles. The molecule has 1 aromatic heterocycles. The van der Waals surface area contributed by atoms with Gasteiger partial charge in [-0.05, 0) is 48.7 Å². The summed E-state index contributed by atoms with van der Waals surface area (Å²) in [6.07, 6.45) is 5.53. The first kappa shape index (κ1) is 13.2. The van der Waals surface area contributed by atoms with Gasteiger partial charge < -0.3 is 9.88 Å². The van der Waals surface area contributed by atoms with Crippen molar-refractivity contribution in [1.82, 2.24) is 4.57 Å². The molecule has 0 bridgehead atoms. The van der Waals surface area contributed by atoms with E-state index in [4.69, 9.17) is 0 Å². The smallest absolute Gasteiger partial charge is 0.0415 e. The molecule has 0 saturated carbocycles. The van der Waals surface area contributed by atoms with Crippen LogP contribution in [0.15, 0.2) is 41.1 Å². The number of benzene rings is 1. The van der Waals surface area contributed by atoms with Crippen molar-refractivity contribution in [3.05, 3.63) is 52.3 Å². The third-order valence-electron chi connectivity index (χ3n) is 2.96. The van der Waals surface area contributed by atoms with E-state index in [-0.39, 0.29) is 0 Å². The van der Waals surface area contributed by atoms with Crippen molar-refractivity contribution in [2.75, 3.05) is 5.32 Å². The first-order chi connectivity index (χ1) is 8.69. The maximum Gasteiger partial charge on any atom is 0.0415 e. The van der Waals surface area contributed by atoms with Crippen LogP contribution in [0.4, 0.5) is 5.69 Å². The van der Waals surface area contributed by atoms with E-state index in [9.17, 15) is 0 Å². The lowest BCUT2D eigenvalue weighted by Gasteiger charge is -2.09. The molecule has 0 fully saturated rings. The summed E-state index contributed by atoms with van der Waals surface area (Å²) in [5.41, 5.74) is 3.78. The zero-order chi connectivity index (χ0) is 13.0. The maximum atomic E-state index is 3.48. The SMILES string of the molecule is CCCn1ccc(CNc2ccc(Br)cc2C)c1. The third-order valence-corrected chi connectivity index (χ3v) is 3.46. The number of aromatic nitrogens is 1. The van der Waals surface area contributed by atoms with E-state index < -0.39 is 0 Å². The van der Waals surface area contributed by atoms with Crippen LogP contribution in [0.2, 0.25) is 0 Å². The average molecular weight is 307 g/mol. The van der Waals surface area contributed by atoms with E-state index in [0.29, 0.717) is 0 Å². The first-order valence-electron chi connectivity index (χ1n) is 6.33. The molecule has 2 rings (SSSR count). The van der Waals surface area contributed by atoms with E-state index in [1.165, 1.54) is 23.2 Å². The van der Waals surface area contributed by atoms with Gasteiger partial charge >= 0.3 is 0 Å². The Labute approximate surface area is 117 Å². The van der Waals surface area contributed by atoms with Gasteiger partial charge in [0.15, 0.2) is 0 Å². The summed E-state index contributed by atoms with van der Waals surface area (Å²) >= 11 is 3.48. The van der Waals surface area contributed by atoms with Crippen LogP contribution in [-0.4, -0.2) is 4.57 Å². The Morgan fingerprint density at radius 1 is 1.28 bits per heavy atom. The van der Waals surface area contributed by atoms with E-state index in [1.54, 1.807) is 0 Å². The highest BCUT2D eigenvalue weighted by Gasteiger charge is 2.00. The van der Waals surface area contributed by atoms with Gasteiger partial charge in [-0.1, -0.05) is 22.9 Å². The number of nitrogens with one attached hydrogen (secondary N) is 1. The van der Waals surface area contributed by atoms with Gasteiger partial charge in [-0.15, -0.1) is 0 Å². The van der Waals surface area contributed by atoms with Crippen LogP contribution in [0.3, 0.4) is 0 Å². The van der Waals surface area contributed by atoms with Crippen molar-refractivity contribution in [2.24, 2.45) is 0 Å². The van der Waals surface area contributed by atoms with Crippen molar-refractivity contribution < 1.29 is 0 Å². The summed E-state index contributed by atoms with van der Waals surface area (Å²) < 4.78 is 3.37. The minimum atomic E-state index is 0.874. The normalized spacial score (nSPS) is 10.6. The fourth-order valence-corrected chi connectivity index (χ4v) is 2.49. The summed E-state index contributed by atoms with van der Waals surface area (Å²) in [4.78, 5) is 0.